The molecular formula is C30H39FN4O6S. The summed E-state index contributed by atoms with van der Waals surface area (Å²) < 4.78 is 49.0. The molecule has 1 aliphatic heterocycles. The number of aryl methyl sites for hydroxylation is 1. The summed E-state index contributed by atoms with van der Waals surface area (Å²) in [6.07, 6.45) is 2.53. The predicted molar refractivity (Wildman–Crippen MR) is 159 cm³/mol. The molecule has 1 atom stereocenters. The van der Waals surface area contributed by atoms with Gasteiger partial charge in [-0.2, -0.15) is 4.31 Å². The average Bonchev–Trinajstić information content (AvgIpc) is 3.32. The summed E-state index contributed by atoms with van der Waals surface area (Å²) in [4.78, 5) is 31.7. The summed E-state index contributed by atoms with van der Waals surface area (Å²) in [5.41, 5.74) is 1.90. The van der Waals surface area contributed by atoms with E-state index in [0.29, 0.717) is 60.6 Å². The average molecular weight is 603 g/mol. The van der Waals surface area contributed by atoms with Crippen molar-refractivity contribution in [2.24, 2.45) is 5.92 Å². The van der Waals surface area contributed by atoms with E-state index in [2.05, 4.69) is 5.32 Å². The summed E-state index contributed by atoms with van der Waals surface area (Å²) in [6.45, 7) is 9.13. The van der Waals surface area contributed by atoms with Crippen LogP contribution in [0.3, 0.4) is 0 Å². The minimum atomic E-state index is -2.24. The minimum absolute atomic E-state index is 0.112. The van der Waals surface area contributed by atoms with Crippen LogP contribution in [0.25, 0.3) is 22.4 Å². The van der Waals surface area contributed by atoms with Crippen molar-refractivity contribution in [1.29, 1.82) is 0 Å². The van der Waals surface area contributed by atoms with E-state index in [4.69, 9.17) is 14.1 Å². The summed E-state index contributed by atoms with van der Waals surface area (Å²) in [7, 11) is 1.52. The van der Waals surface area contributed by atoms with E-state index in [1.165, 1.54) is 35.6 Å². The van der Waals surface area contributed by atoms with Crippen LogP contribution >= 0.6 is 0 Å². The van der Waals surface area contributed by atoms with E-state index in [9.17, 15) is 22.7 Å². The van der Waals surface area contributed by atoms with Crippen molar-refractivity contribution in [3.63, 3.8) is 0 Å². The third-order valence-electron chi connectivity index (χ3n) is 7.39. The van der Waals surface area contributed by atoms with Crippen LogP contribution in [-0.4, -0.2) is 67.2 Å². The van der Waals surface area contributed by atoms with Crippen molar-refractivity contribution < 1.29 is 31.9 Å². The van der Waals surface area contributed by atoms with Crippen molar-refractivity contribution in [3.8, 4) is 11.3 Å². The summed E-state index contributed by atoms with van der Waals surface area (Å²) in [6, 6.07) is 7.50. The lowest BCUT2D eigenvalue weighted by Gasteiger charge is -2.34. The number of carbonyl (C=O) groups excluding carboxylic acids is 2. The molecule has 2 amide bonds. The summed E-state index contributed by atoms with van der Waals surface area (Å²) in [5.74, 6) is -0.193. The number of amides is 2. The molecule has 1 fully saturated rings. The van der Waals surface area contributed by atoms with E-state index >= 15 is 0 Å². The molecular weight excluding hydrogens is 563 g/mol. The number of pyridine rings is 1. The second-order valence-corrected chi connectivity index (χ2v) is 12.5. The largest absolute Gasteiger partial charge is 0.444 e. The van der Waals surface area contributed by atoms with Gasteiger partial charge < -0.3 is 19.4 Å². The maximum Gasteiger partial charge on any atom is 0.410 e. The number of ether oxygens (including phenoxy) is 1. The number of halogens is 1. The number of carbonyl (C=O) groups is 2. The molecule has 4 rings (SSSR count). The standard InChI is InChI=1S/C30H39FN4O6S/c1-6-20-17-23-25(27(36)32-5)26(21-7-9-22(31)10-8-21)40-28(23)33-24(20)18-35(42(38)39)16-13-19-11-14-34(15-12-19)29(37)41-30(2,3)4/h7-10,17,19H,6,11-16,18H2,1-5H3,(H,32,36)(H,38,39). The van der Waals surface area contributed by atoms with Crippen molar-refractivity contribution >= 4 is 34.4 Å². The van der Waals surface area contributed by atoms with Gasteiger partial charge in [0.15, 0.2) is 0 Å². The Labute approximate surface area is 248 Å². The Morgan fingerprint density at radius 1 is 1.24 bits per heavy atom. The molecule has 0 saturated carbocycles. The fourth-order valence-corrected chi connectivity index (χ4v) is 5.63. The van der Waals surface area contributed by atoms with Gasteiger partial charge in [-0.05, 0) is 88.3 Å². The number of rotatable bonds is 9. The van der Waals surface area contributed by atoms with Gasteiger partial charge in [-0.1, -0.05) is 6.92 Å². The monoisotopic (exact) mass is 602 g/mol. The maximum absolute atomic E-state index is 13.6. The Kier molecular flexibility index (Phi) is 10.0. The first-order valence-electron chi connectivity index (χ1n) is 14.2. The van der Waals surface area contributed by atoms with Crippen LogP contribution in [0.1, 0.15) is 68.6 Å². The number of benzene rings is 1. The number of fused-ring (bicyclic) bond motifs is 1. The second kappa shape index (κ2) is 13.3. The highest BCUT2D eigenvalue weighted by atomic mass is 32.2. The molecule has 1 aliphatic rings. The number of aromatic nitrogens is 1. The zero-order valence-corrected chi connectivity index (χ0v) is 25.6. The van der Waals surface area contributed by atoms with Crippen LogP contribution in [0, 0.1) is 11.7 Å². The maximum atomic E-state index is 13.6. The molecule has 1 unspecified atom stereocenters. The van der Waals surface area contributed by atoms with Gasteiger partial charge in [0.2, 0.25) is 17.0 Å². The van der Waals surface area contributed by atoms with Gasteiger partial charge in [0.05, 0.1) is 23.2 Å². The molecule has 3 aromatic rings. The Morgan fingerprint density at radius 2 is 1.90 bits per heavy atom. The topological polar surface area (TPSA) is 125 Å². The first-order chi connectivity index (χ1) is 19.9. The van der Waals surface area contributed by atoms with E-state index < -0.39 is 22.7 Å². The van der Waals surface area contributed by atoms with Crippen LogP contribution in [0.5, 0.6) is 0 Å². The minimum Gasteiger partial charge on any atom is -0.444 e. The van der Waals surface area contributed by atoms with Crippen LogP contribution in [-0.2, 0) is 29.0 Å². The number of nitrogens with one attached hydrogen (secondary N) is 1. The third-order valence-corrected chi connectivity index (χ3v) is 8.15. The first-order valence-corrected chi connectivity index (χ1v) is 15.2. The predicted octanol–water partition coefficient (Wildman–Crippen LogP) is 5.53. The van der Waals surface area contributed by atoms with Gasteiger partial charge in [-0.15, -0.1) is 0 Å². The fraction of sp³-hybridized carbons (Fsp3) is 0.500. The molecule has 42 heavy (non-hydrogen) atoms. The lowest BCUT2D eigenvalue weighted by atomic mass is 9.94. The molecule has 3 heterocycles. The number of hydrogen-bond acceptors (Lipinski definition) is 6. The number of piperidine rings is 1. The lowest BCUT2D eigenvalue weighted by Crippen LogP contribution is -2.42. The second-order valence-electron chi connectivity index (χ2n) is 11.5. The van der Waals surface area contributed by atoms with Gasteiger partial charge >= 0.3 is 6.09 Å². The zero-order valence-electron chi connectivity index (χ0n) is 24.7. The molecule has 0 bridgehead atoms. The highest BCUT2D eigenvalue weighted by Crippen LogP contribution is 2.34. The summed E-state index contributed by atoms with van der Waals surface area (Å²) >= 11 is -2.24. The lowest BCUT2D eigenvalue weighted by molar-refractivity contribution is 0.0179. The van der Waals surface area contributed by atoms with Crippen molar-refractivity contribution in [1.82, 2.24) is 19.5 Å². The van der Waals surface area contributed by atoms with Crippen LogP contribution in [0.4, 0.5) is 9.18 Å². The van der Waals surface area contributed by atoms with Crippen molar-refractivity contribution in [2.75, 3.05) is 26.7 Å². The highest BCUT2D eigenvalue weighted by molar-refractivity contribution is 7.76. The Balaban J connectivity index is 1.51. The molecule has 2 aromatic heterocycles. The van der Waals surface area contributed by atoms with Crippen molar-refractivity contribution in [2.45, 2.75) is 65.5 Å². The molecule has 0 aliphatic carbocycles. The van der Waals surface area contributed by atoms with Crippen molar-refractivity contribution in [3.05, 3.63) is 53.0 Å². The Bertz CT molecular complexity index is 1440. The zero-order chi connectivity index (χ0) is 30.6. The van der Waals surface area contributed by atoms with E-state index in [1.807, 2.05) is 33.8 Å². The number of nitrogens with zero attached hydrogens (tertiary/aromatic N) is 3. The molecule has 0 radical (unpaired) electrons. The Morgan fingerprint density at radius 3 is 2.48 bits per heavy atom. The van der Waals surface area contributed by atoms with Crippen LogP contribution in [0.2, 0.25) is 0 Å². The Hall–Kier alpha value is -3.35. The normalized spacial score (nSPS) is 15.3. The molecule has 12 heteroatoms. The van der Waals surface area contributed by atoms with Gasteiger partial charge in [-0.25, -0.2) is 18.4 Å². The van der Waals surface area contributed by atoms with E-state index in [0.717, 1.165) is 18.4 Å². The van der Waals surface area contributed by atoms with Gasteiger partial charge in [0.25, 0.3) is 5.91 Å². The SMILES string of the molecule is CCc1cc2c(C(=O)NC)c(-c3ccc(F)cc3)oc2nc1CN(CCC1CCN(C(=O)OC(C)(C)C)CC1)S(=O)O. The van der Waals surface area contributed by atoms with Crippen LogP contribution < -0.4 is 5.32 Å². The number of furan rings is 1. The number of hydrogen-bond donors (Lipinski definition) is 2. The smallest absolute Gasteiger partial charge is 0.410 e. The third kappa shape index (κ3) is 7.53. The fourth-order valence-electron chi connectivity index (χ4n) is 5.14. The molecule has 228 valence electrons. The van der Waals surface area contributed by atoms with Gasteiger partial charge in [0, 0.05) is 32.2 Å². The number of likely N-dealkylation sites (tertiary alicyclic amines) is 1. The quantitative estimate of drug-likeness (QED) is 0.309. The van der Waals surface area contributed by atoms with Gasteiger partial charge in [-0.3, -0.25) is 9.35 Å². The molecule has 1 aromatic carbocycles. The first kappa shape index (κ1) is 31.6. The summed E-state index contributed by atoms with van der Waals surface area (Å²) in [5, 5.41) is 3.15. The van der Waals surface area contributed by atoms with E-state index in [1.54, 1.807) is 4.90 Å². The van der Waals surface area contributed by atoms with E-state index in [-0.39, 0.29) is 30.0 Å². The van der Waals surface area contributed by atoms with Gasteiger partial charge in [0.1, 0.15) is 17.2 Å². The van der Waals surface area contributed by atoms with Crippen LogP contribution in [0.15, 0.2) is 34.7 Å². The molecule has 2 N–H and O–H groups in total. The molecule has 0 spiro atoms. The molecule has 1 saturated heterocycles. The highest BCUT2D eigenvalue weighted by Gasteiger charge is 2.28. The molecule has 10 nitrogen and oxygen atoms in total.